The number of nitrogens with one attached hydrogen (secondary N) is 2. The largest absolute Gasteiger partial charge is 0.478 e. The Hall–Kier alpha value is -2.02. The van der Waals surface area contributed by atoms with Crippen LogP contribution in [0.4, 0.5) is 4.79 Å². The molecule has 0 atom stereocenters. The van der Waals surface area contributed by atoms with E-state index in [0.717, 1.165) is 26.1 Å². The van der Waals surface area contributed by atoms with Gasteiger partial charge in [0.05, 0.1) is 6.54 Å². The number of hydrogen-bond acceptors (Lipinski definition) is 4. The van der Waals surface area contributed by atoms with E-state index < -0.39 is 5.97 Å². The van der Waals surface area contributed by atoms with Gasteiger partial charge in [0.2, 0.25) is 0 Å². The van der Waals surface area contributed by atoms with Crippen molar-refractivity contribution in [3.05, 3.63) is 23.2 Å². The Morgan fingerprint density at radius 2 is 2.05 bits per heavy atom. The van der Waals surface area contributed by atoms with Crippen molar-refractivity contribution in [2.45, 2.75) is 26.3 Å². The second-order valence-electron chi connectivity index (χ2n) is 5.11. The van der Waals surface area contributed by atoms with Gasteiger partial charge in [-0.15, -0.1) is 0 Å². The quantitative estimate of drug-likeness (QED) is 0.764. The maximum atomic E-state index is 11.7. The van der Waals surface area contributed by atoms with E-state index in [0.29, 0.717) is 24.0 Å². The van der Waals surface area contributed by atoms with Crippen molar-refractivity contribution >= 4 is 12.0 Å². The molecule has 0 unspecified atom stereocenters. The summed E-state index contributed by atoms with van der Waals surface area (Å²) >= 11 is 0. The second kappa shape index (κ2) is 7.12. The van der Waals surface area contributed by atoms with Gasteiger partial charge in [-0.25, -0.2) is 9.59 Å². The molecule has 3 N–H and O–H groups in total. The zero-order valence-electron chi connectivity index (χ0n) is 12.0. The molecule has 2 rings (SSSR count). The average molecular weight is 296 g/mol. The topological polar surface area (TPSA) is 101 Å². The molecule has 1 aromatic heterocycles. The van der Waals surface area contributed by atoms with Crippen LogP contribution in [0.1, 0.15) is 34.7 Å². The Bertz CT molecular complexity index is 505. The predicted octanol–water partition coefficient (Wildman–Crippen LogP) is 1.51. The molecule has 1 aliphatic heterocycles. The summed E-state index contributed by atoms with van der Waals surface area (Å²) in [5.41, 5.74) is 0.120. The summed E-state index contributed by atoms with van der Waals surface area (Å²) in [4.78, 5) is 22.6. The molecule has 2 amide bonds. The van der Waals surface area contributed by atoms with Crippen LogP contribution in [-0.2, 0) is 11.3 Å². The van der Waals surface area contributed by atoms with Gasteiger partial charge < -0.3 is 24.9 Å². The molecule has 2 heterocycles. The third-order valence-electron chi connectivity index (χ3n) is 3.51. The molecule has 0 radical (unpaired) electrons. The standard InChI is InChI=1S/C14H20N2O5/c1-9-12(13(17)18)6-11(21-9)8-16-14(19)15-7-10-2-4-20-5-3-10/h6,10H,2-5,7-8H2,1H3,(H,17,18)(H2,15,16,19). The van der Waals surface area contributed by atoms with Gasteiger partial charge in [0, 0.05) is 19.8 Å². The number of aryl methyl sites for hydroxylation is 1. The Morgan fingerprint density at radius 3 is 2.67 bits per heavy atom. The highest BCUT2D eigenvalue weighted by Crippen LogP contribution is 2.15. The molecule has 1 saturated heterocycles. The molecule has 21 heavy (non-hydrogen) atoms. The lowest BCUT2D eigenvalue weighted by Gasteiger charge is -2.22. The monoisotopic (exact) mass is 296 g/mol. The molecule has 0 bridgehead atoms. The molecule has 1 aliphatic rings. The summed E-state index contributed by atoms with van der Waals surface area (Å²) in [6.45, 7) is 3.86. The number of urea groups is 1. The van der Waals surface area contributed by atoms with Gasteiger partial charge in [-0.1, -0.05) is 0 Å². The van der Waals surface area contributed by atoms with E-state index in [2.05, 4.69) is 10.6 Å². The molecule has 0 spiro atoms. The Labute approximate surface area is 122 Å². The highest BCUT2D eigenvalue weighted by atomic mass is 16.5. The summed E-state index contributed by atoms with van der Waals surface area (Å²) in [5, 5.41) is 14.4. The molecule has 0 aliphatic carbocycles. The number of carbonyl (C=O) groups excluding carboxylic acids is 1. The van der Waals surface area contributed by atoms with E-state index in [1.807, 2.05) is 0 Å². The molecule has 0 saturated carbocycles. The fraction of sp³-hybridized carbons (Fsp3) is 0.571. The Balaban J connectivity index is 1.73. The van der Waals surface area contributed by atoms with Crippen LogP contribution in [0, 0.1) is 12.8 Å². The minimum Gasteiger partial charge on any atom is -0.478 e. The van der Waals surface area contributed by atoms with Gasteiger partial charge in [0.1, 0.15) is 17.1 Å². The van der Waals surface area contributed by atoms with Crippen LogP contribution < -0.4 is 10.6 Å². The third kappa shape index (κ3) is 4.49. The van der Waals surface area contributed by atoms with Crippen LogP contribution in [0.5, 0.6) is 0 Å². The number of rotatable bonds is 5. The van der Waals surface area contributed by atoms with Crippen molar-refractivity contribution in [3.63, 3.8) is 0 Å². The molecule has 0 aromatic carbocycles. The zero-order chi connectivity index (χ0) is 15.2. The van der Waals surface area contributed by atoms with E-state index in [9.17, 15) is 9.59 Å². The number of carboxylic acid groups (broad SMARTS) is 1. The van der Waals surface area contributed by atoms with E-state index >= 15 is 0 Å². The van der Waals surface area contributed by atoms with Crippen LogP contribution in [0.25, 0.3) is 0 Å². The molecule has 7 nitrogen and oxygen atoms in total. The van der Waals surface area contributed by atoms with Crippen LogP contribution in [0.2, 0.25) is 0 Å². The minimum atomic E-state index is -1.04. The van der Waals surface area contributed by atoms with Gasteiger partial charge in [-0.2, -0.15) is 0 Å². The minimum absolute atomic E-state index is 0.120. The van der Waals surface area contributed by atoms with Crippen LogP contribution in [0.15, 0.2) is 10.5 Å². The highest BCUT2D eigenvalue weighted by molar-refractivity contribution is 5.88. The third-order valence-corrected chi connectivity index (χ3v) is 3.51. The maximum absolute atomic E-state index is 11.7. The van der Waals surface area contributed by atoms with Crippen molar-refractivity contribution in [2.75, 3.05) is 19.8 Å². The first-order chi connectivity index (χ1) is 10.1. The number of ether oxygens (including phenoxy) is 1. The molecule has 1 fully saturated rings. The van der Waals surface area contributed by atoms with E-state index in [4.69, 9.17) is 14.3 Å². The van der Waals surface area contributed by atoms with Gasteiger partial charge in [-0.3, -0.25) is 0 Å². The predicted molar refractivity (Wildman–Crippen MR) is 74.2 cm³/mol. The molecule has 7 heteroatoms. The maximum Gasteiger partial charge on any atom is 0.339 e. The lowest BCUT2D eigenvalue weighted by molar-refractivity contribution is 0.0669. The first kappa shape index (κ1) is 15.4. The van der Waals surface area contributed by atoms with E-state index in [1.165, 1.54) is 6.07 Å². The van der Waals surface area contributed by atoms with Crippen molar-refractivity contribution in [3.8, 4) is 0 Å². The van der Waals surface area contributed by atoms with Crippen LogP contribution >= 0.6 is 0 Å². The summed E-state index contributed by atoms with van der Waals surface area (Å²) in [5.74, 6) is 0.175. The fourth-order valence-electron chi connectivity index (χ4n) is 2.26. The van der Waals surface area contributed by atoms with Gasteiger partial charge in [-0.05, 0) is 31.7 Å². The normalized spacial score (nSPS) is 15.7. The van der Waals surface area contributed by atoms with Crippen molar-refractivity contribution in [1.82, 2.24) is 10.6 Å². The van der Waals surface area contributed by atoms with Gasteiger partial charge >= 0.3 is 12.0 Å². The van der Waals surface area contributed by atoms with Crippen molar-refractivity contribution < 1.29 is 23.8 Å². The van der Waals surface area contributed by atoms with Crippen molar-refractivity contribution in [2.24, 2.45) is 5.92 Å². The zero-order valence-corrected chi connectivity index (χ0v) is 12.0. The van der Waals surface area contributed by atoms with Gasteiger partial charge in [0.25, 0.3) is 0 Å². The fourth-order valence-corrected chi connectivity index (χ4v) is 2.26. The number of aromatic carboxylic acids is 1. The first-order valence-corrected chi connectivity index (χ1v) is 6.98. The smallest absolute Gasteiger partial charge is 0.339 e. The second-order valence-corrected chi connectivity index (χ2v) is 5.11. The summed E-state index contributed by atoms with van der Waals surface area (Å²) < 4.78 is 10.5. The first-order valence-electron chi connectivity index (χ1n) is 6.98. The summed E-state index contributed by atoms with van der Waals surface area (Å²) in [7, 11) is 0. The number of amides is 2. The summed E-state index contributed by atoms with van der Waals surface area (Å²) in [6, 6.07) is 1.14. The molecular weight excluding hydrogens is 276 g/mol. The number of carbonyl (C=O) groups is 2. The lowest BCUT2D eigenvalue weighted by atomic mass is 10.0. The average Bonchev–Trinajstić information content (AvgIpc) is 2.85. The molecule has 1 aromatic rings. The summed E-state index contributed by atoms with van der Waals surface area (Å²) in [6.07, 6.45) is 1.92. The van der Waals surface area contributed by atoms with Crippen LogP contribution in [0.3, 0.4) is 0 Å². The molecular formula is C14H20N2O5. The van der Waals surface area contributed by atoms with E-state index in [-0.39, 0.29) is 18.1 Å². The van der Waals surface area contributed by atoms with Crippen LogP contribution in [-0.4, -0.2) is 36.9 Å². The lowest BCUT2D eigenvalue weighted by Crippen LogP contribution is -2.39. The number of furan rings is 1. The number of hydrogen-bond donors (Lipinski definition) is 3. The number of carboxylic acids is 1. The highest BCUT2D eigenvalue weighted by Gasteiger charge is 2.16. The molecule has 116 valence electrons. The van der Waals surface area contributed by atoms with Gasteiger partial charge in [0.15, 0.2) is 0 Å². The van der Waals surface area contributed by atoms with E-state index in [1.54, 1.807) is 6.92 Å². The Kier molecular flexibility index (Phi) is 5.21. The Morgan fingerprint density at radius 1 is 1.33 bits per heavy atom. The van der Waals surface area contributed by atoms with Crippen molar-refractivity contribution in [1.29, 1.82) is 0 Å². The SMILES string of the molecule is Cc1oc(CNC(=O)NCC2CCOCC2)cc1C(=O)O.